The van der Waals surface area contributed by atoms with Crippen LogP contribution in [-0.2, 0) is 5.41 Å². The molecule has 2 aliphatic rings. The summed E-state index contributed by atoms with van der Waals surface area (Å²) in [4.78, 5) is 15.1. The average molecular weight is 744 g/mol. The Labute approximate surface area is 331 Å². The van der Waals surface area contributed by atoms with Crippen LogP contribution in [0.4, 0.5) is 0 Å². The summed E-state index contributed by atoms with van der Waals surface area (Å²) in [5.41, 5.74) is 12.3. The van der Waals surface area contributed by atoms with E-state index in [1.165, 1.54) is 22.3 Å². The molecular formula is C52H29N3O3. The molecule has 58 heavy (non-hydrogen) atoms. The summed E-state index contributed by atoms with van der Waals surface area (Å²) < 4.78 is 19.6. The molecule has 4 heterocycles. The van der Waals surface area contributed by atoms with Crippen LogP contribution in [0.5, 0.6) is 11.5 Å². The van der Waals surface area contributed by atoms with Gasteiger partial charge >= 0.3 is 0 Å². The van der Waals surface area contributed by atoms with Gasteiger partial charge in [-0.3, -0.25) is 0 Å². The van der Waals surface area contributed by atoms with Crippen LogP contribution in [0.3, 0.4) is 0 Å². The van der Waals surface area contributed by atoms with Crippen molar-refractivity contribution < 1.29 is 13.6 Å². The minimum absolute atomic E-state index is 0.557. The van der Waals surface area contributed by atoms with E-state index in [0.717, 1.165) is 83.2 Å². The second-order valence-electron chi connectivity index (χ2n) is 15.1. The first kappa shape index (κ1) is 31.4. The Balaban J connectivity index is 0.998. The van der Waals surface area contributed by atoms with E-state index in [4.69, 9.17) is 28.5 Å². The summed E-state index contributed by atoms with van der Waals surface area (Å²) in [7, 11) is 0. The second-order valence-corrected chi connectivity index (χ2v) is 15.1. The van der Waals surface area contributed by atoms with Crippen molar-refractivity contribution in [1.29, 1.82) is 0 Å². The first-order chi connectivity index (χ1) is 28.7. The average Bonchev–Trinajstić information content (AvgIpc) is 3.93. The summed E-state index contributed by atoms with van der Waals surface area (Å²) in [5.74, 6) is 3.44. The van der Waals surface area contributed by atoms with Gasteiger partial charge in [0.25, 0.3) is 0 Å². The van der Waals surface area contributed by atoms with Gasteiger partial charge in [-0.2, -0.15) is 0 Å². The lowest BCUT2D eigenvalue weighted by Gasteiger charge is -2.39. The molecule has 0 unspecified atom stereocenters. The highest BCUT2D eigenvalue weighted by Crippen LogP contribution is 2.62. The molecule has 0 bridgehead atoms. The predicted molar refractivity (Wildman–Crippen MR) is 228 cm³/mol. The number of benzene rings is 8. The third-order valence-corrected chi connectivity index (χ3v) is 12.0. The fraction of sp³-hybridized carbons (Fsp3) is 0.0192. The highest BCUT2D eigenvalue weighted by Gasteiger charge is 2.51. The van der Waals surface area contributed by atoms with Gasteiger partial charge in [-0.15, -0.1) is 0 Å². The molecule has 13 rings (SSSR count). The minimum atomic E-state index is -0.573. The van der Waals surface area contributed by atoms with E-state index in [2.05, 4.69) is 109 Å². The topological polar surface area (TPSA) is 74.2 Å². The van der Waals surface area contributed by atoms with Crippen LogP contribution in [0.15, 0.2) is 185 Å². The third kappa shape index (κ3) is 4.28. The van der Waals surface area contributed by atoms with Gasteiger partial charge in [-0.25, -0.2) is 15.0 Å². The van der Waals surface area contributed by atoms with Crippen molar-refractivity contribution in [3.8, 4) is 56.8 Å². The summed E-state index contributed by atoms with van der Waals surface area (Å²) in [6.07, 6.45) is 0. The van der Waals surface area contributed by atoms with Crippen LogP contribution in [0.1, 0.15) is 22.3 Å². The molecule has 270 valence electrons. The molecule has 3 aromatic heterocycles. The van der Waals surface area contributed by atoms with E-state index in [-0.39, 0.29) is 0 Å². The highest BCUT2D eigenvalue weighted by molar-refractivity contribution is 6.09. The molecule has 0 atom stereocenters. The summed E-state index contributed by atoms with van der Waals surface area (Å²) in [6.45, 7) is 0. The molecule has 1 aliphatic carbocycles. The van der Waals surface area contributed by atoms with Crippen molar-refractivity contribution in [2.75, 3.05) is 0 Å². The Hall–Kier alpha value is -7.83. The quantitative estimate of drug-likeness (QED) is 0.179. The molecule has 8 aromatic carbocycles. The zero-order chi connectivity index (χ0) is 38.0. The van der Waals surface area contributed by atoms with E-state index in [9.17, 15) is 0 Å². The Bertz CT molecular complexity index is 3460. The van der Waals surface area contributed by atoms with Gasteiger partial charge in [0.05, 0.1) is 5.41 Å². The Kier molecular flexibility index (Phi) is 6.28. The van der Waals surface area contributed by atoms with Crippen LogP contribution in [0, 0.1) is 0 Å². The van der Waals surface area contributed by atoms with Crippen LogP contribution in [0.2, 0.25) is 0 Å². The Morgan fingerprint density at radius 3 is 1.55 bits per heavy atom. The fourth-order valence-corrected chi connectivity index (χ4v) is 9.47. The predicted octanol–water partition coefficient (Wildman–Crippen LogP) is 13.1. The van der Waals surface area contributed by atoms with E-state index >= 15 is 0 Å². The van der Waals surface area contributed by atoms with Crippen molar-refractivity contribution in [3.63, 3.8) is 0 Å². The zero-order valence-corrected chi connectivity index (χ0v) is 30.8. The van der Waals surface area contributed by atoms with Crippen molar-refractivity contribution in [2.45, 2.75) is 5.41 Å². The Morgan fingerprint density at radius 2 is 0.845 bits per heavy atom. The van der Waals surface area contributed by atoms with Gasteiger partial charge in [0.15, 0.2) is 17.5 Å². The lowest BCUT2D eigenvalue weighted by atomic mass is 9.66. The smallest absolute Gasteiger partial charge is 0.164 e. The van der Waals surface area contributed by atoms with Crippen molar-refractivity contribution in [3.05, 3.63) is 198 Å². The van der Waals surface area contributed by atoms with Gasteiger partial charge in [0.1, 0.15) is 33.8 Å². The van der Waals surface area contributed by atoms with Crippen LogP contribution in [-0.4, -0.2) is 15.0 Å². The first-order valence-electron chi connectivity index (χ1n) is 19.4. The zero-order valence-electron chi connectivity index (χ0n) is 30.8. The normalized spacial score (nSPS) is 13.4. The molecule has 11 aromatic rings. The molecule has 6 heteroatoms. The van der Waals surface area contributed by atoms with Gasteiger partial charge in [0, 0.05) is 49.4 Å². The molecular weight excluding hydrogens is 715 g/mol. The number of ether oxygens (including phenoxy) is 1. The standard InChI is InChI=1S/C52H29N3O3/c1-2-12-30(13-3-1)49-53-50(31-22-24-35-34-15-5-9-19-43(34)56-46(35)26-31)55-51(54-49)32-23-25-36-38-28-37-33-14-4-6-16-39(33)52(42(37)29-48(38)58-47(36)27-32)40-17-7-10-20-44(40)57-45-21-11-8-18-41(45)52/h1-29H. The maximum atomic E-state index is 6.84. The Morgan fingerprint density at radius 1 is 0.328 bits per heavy atom. The number of hydrogen-bond donors (Lipinski definition) is 0. The van der Waals surface area contributed by atoms with Crippen LogP contribution < -0.4 is 4.74 Å². The van der Waals surface area contributed by atoms with Crippen molar-refractivity contribution in [1.82, 2.24) is 15.0 Å². The second kappa shape index (κ2) is 11.6. The van der Waals surface area contributed by atoms with Crippen molar-refractivity contribution in [2.24, 2.45) is 0 Å². The summed E-state index contributed by atoms with van der Waals surface area (Å²) in [5, 5.41) is 4.22. The molecule has 1 spiro atoms. The lowest BCUT2D eigenvalue weighted by Crippen LogP contribution is -2.32. The third-order valence-electron chi connectivity index (χ3n) is 12.0. The number of furan rings is 2. The SMILES string of the molecule is c1ccc(-c2nc(-c3ccc4c(c3)oc3ccccc34)nc(-c3ccc4c(c3)oc3cc5c(cc34)-c3ccccc3C53c4ccccc4Oc4ccccc43)n2)cc1. The molecule has 0 saturated carbocycles. The van der Waals surface area contributed by atoms with Gasteiger partial charge in [-0.05, 0) is 76.9 Å². The summed E-state index contributed by atoms with van der Waals surface area (Å²) in [6, 6.07) is 60.7. The molecule has 6 nitrogen and oxygen atoms in total. The molecule has 0 amide bonds. The van der Waals surface area contributed by atoms with E-state index < -0.39 is 5.41 Å². The van der Waals surface area contributed by atoms with E-state index in [1.807, 2.05) is 66.7 Å². The number of nitrogens with zero attached hydrogens (tertiary/aromatic N) is 3. The van der Waals surface area contributed by atoms with Gasteiger partial charge < -0.3 is 13.6 Å². The van der Waals surface area contributed by atoms with Crippen LogP contribution in [0.25, 0.3) is 89.2 Å². The maximum Gasteiger partial charge on any atom is 0.164 e. The van der Waals surface area contributed by atoms with Crippen LogP contribution >= 0.6 is 0 Å². The largest absolute Gasteiger partial charge is 0.457 e. The lowest BCUT2D eigenvalue weighted by molar-refractivity contribution is 0.436. The number of fused-ring (bicyclic) bond motifs is 15. The number of para-hydroxylation sites is 3. The molecule has 0 N–H and O–H groups in total. The van der Waals surface area contributed by atoms with Gasteiger partial charge in [0.2, 0.25) is 0 Å². The monoisotopic (exact) mass is 743 g/mol. The number of aromatic nitrogens is 3. The van der Waals surface area contributed by atoms with E-state index in [1.54, 1.807) is 0 Å². The minimum Gasteiger partial charge on any atom is -0.457 e. The maximum absolute atomic E-state index is 6.84. The number of rotatable bonds is 3. The molecule has 0 radical (unpaired) electrons. The molecule has 0 saturated heterocycles. The highest BCUT2D eigenvalue weighted by atomic mass is 16.5. The summed E-state index contributed by atoms with van der Waals surface area (Å²) >= 11 is 0. The van der Waals surface area contributed by atoms with E-state index in [0.29, 0.717) is 17.5 Å². The first-order valence-corrected chi connectivity index (χ1v) is 19.4. The molecule has 0 fully saturated rings. The fourth-order valence-electron chi connectivity index (χ4n) is 9.47. The number of hydrogen-bond acceptors (Lipinski definition) is 6. The van der Waals surface area contributed by atoms with Gasteiger partial charge in [-0.1, -0.05) is 121 Å². The van der Waals surface area contributed by atoms with Crippen molar-refractivity contribution >= 4 is 43.9 Å². The molecule has 1 aliphatic heterocycles.